The molecule has 2 amide bonds. The summed E-state index contributed by atoms with van der Waals surface area (Å²) in [6, 6.07) is 0. The molecule has 0 aliphatic carbocycles. The van der Waals surface area contributed by atoms with Crippen LogP contribution in [0.25, 0.3) is 0 Å². The average Bonchev–Trinajstić information content (AvgIpc) is 2.27. The number of aromatic nitrogens is 1. The first-order valence-electron chi connectivity index (χ1n) is 5.10. The molecule has 1 aliphatic rings. The summed E-state index contributed by atoms with van der Waals surface area (Å²) in [6.07, 6.45) is 3.84. The molecule has 0 aromatic carbocycles. The minimum Gasteiger partial charge on any atom is -0.366 e. The molecular formula is C11H13N3O2. The lowest BCUT2D eigenvalue weighted by Crippen LogP contribution is -2.35. The molecule has 5 heteroatoms. The fourth-order valence-electron chi connectivity index (χ4n) is 1.97. The third kappa shape index (κ3) is 1.76. The molecule has 0 atom stereocenters. The second kappa shape index (κ2) is 3.92. The van der Waals surface area contributed by atoms with Crippen molar-refractivity contribution in [3.8, 4) is 0 Å². The monoisotopic (exact) mass is 219 g/mol. The number of carbonyl (C=O) groups is 2. The molecule has 16 heavy (non-hydrogen) atoms. The summed E-state index contributed by atoms with van der Waals surface area (Å²) in [5.41, 5.74) is 7.59. The van der Waals surface area contributed by atoms with Crippen molar-refractivity contribution in [2.45, 2.75) is 19.9 Å². The Hall–Kier alpha value is -1.91. The van der Waals surface area contributed by atoms with Crippen LogP contribution in [0.2, 0.25) is 0 Å². The number of hydrogen-bond acceptors (Lipinski definition) is 3. The number of primary amides is 1. The van der Waals surface area contributed by atoms with Crippen molar-refractivity contribution in [3.63, 3.8) is 0 Å². The van der Waals surface area contributed by atoms with Crippen LogP contribution in [0.15, 0.2) is 12.4 Å². The van der Waals surface area contributed by atoms with E-state index >= 15 is 0 Å². The first-order chi connectivity index (χ1) is 7.59. The lowest BCUT2D eigenvalue weighted by atomic mass is 9.97. The molecule has 0 unspecified atom stereocenters. The van der Waals surface area contributed by atoms with Crippen LogP contribution in [0, 0.1) is 0 Å². The Balaban J connectivity index is 2.38. The third-order valence-electron chi connectivity index (χ3n) is 2.85. The first-order valence-corrected chi connectivity index (χ1v) is 5.10. The lowest BCUT2D eigenvalue weighted by Gasteiger charge is -2.28. The van der Waals surface area contributed by atoms with Crippen molar-refractivity contribution in [2.24, 2.45) is 5.73 Å². The van der Waals surface area contributed by atoms with Crippen LogP contribution in [-0.4, -0.2) is 28.2 Å². The topological polar surface area (TPSA) is 76.3 Å². The van der Waals surface area contributed by atoms with Crippen LogP contribution < -0.4 is 5.73 Å². The molecule has 1 aromatic rings. The van der Waals surface area contributed by atoms with E-state index in [4.69, 9.17) is 5.73 Å². The number of fused-ring (bicyclic) bond motifs is 1. The van der Waals surface area contributed by atoms with Crippen molar-refractivity contribution in [2.75, 3.05) is 6.54 Å². The maximum absolute atomic E-state index is 11.2. The highest BCUT2D eigenvalue weighted by molar-refractivity contribution is 5.94. The molecule has 0 saturated carbocycles. The third-order valence-corrected chi connectivity index (χ3v) is 2.85. The highest BCUT2D eigenvalue weighted by Crippen LogP contribution is 2.21. The fourth-order valence-corrected chi connectivity index (χ4v) is 1.97. The number of pyridine rings is 1. The van der Waals surface area contributed by atoms with Crippen LogP contribution in [0.4, 0.5) is 0 Å². The highest BCUT2D eigenvalue weighted by Gasteiger charge is 2.22. The zero-order valence-corrected chi connectivity index (χ0v) is 9.06. The predicted molar refractivity (Wildman–Crippen MR) is 57.5 cm³/mol. The minimum absolute atomic E-state index is 0.0372. The van der Waals surface area contributed by atoms with E-state index in [1.165, 1.54) is 13.1 Å². The van der Waals surface area contributed by atoms with Crippen molar-refractivity contribution >= 4 is 11.8 Å². The van der Waals surface area contributed by atoms with Crippen LogP contribution in [0.1, 0.15) is 28.4 Å². The SMILES string of the molecule is CC(=O)N1CCc2c(cncc2C(N)=O)C1. The van der Waals surface area contributed by atoms with Gasteiger partial charge < -0.3 is 10.6 Å². The van der Waals surface area contributed by atoms with E-state index < -0.39 is 5.91 Å². The maximum Gasteiger partial charge on any atom is 0.250 e. The molecule has 2 rings (SSSR count). The minimum atomic E-state index is -0.458. The number of hydrogen-bond donors (Lipinski definition) is 1. The van der Waals surface area contributed by atoms with Gasteiger partial charge >= 0.3 is 0 Å². The molecule has 1 aromatic heterocycles. The maximum atomic E-state index is 11.2. The second-order valence-electron chi connectivity index (χ2n) is 3.88. The summed E-state index contributed by atoms with van der Waals surface area (Å²) in [5.74, 6) is -0.421. The smallest absolute Gasteiger partial charge is 0.250 e. The van der Waals surface area contributed by atoms with Gasteiger partial charge in [-0.3, -0.25) is 14.6 Å². The number of carbonyl (C=O) groups excluding carboxylic acids is 2. The summed E-state index contributed by atoms with van der Waals surface area (Å²) in [4.78, 5) is 28.1. The normalized spacial score (nSPS) is 14.4. The zero-order chi connectivity index (χ0) is 11.7. The van der Waals surface area contributed by atoms with Gasteiger partial charge in [-0.25, -0.2) is 0 Å². The number of nitrogens with zero attached hydrogens (tertiary/aromatic N) is 2. The molecule has 0 fully saturated rings. The van der Waals surface area contributed by atoms with Gasteiger partial charge in [-0.05, 0) is 17.5 Å². The molecular weight excluding hydrogens is 206 g/mol. The van der Waals surface area contributed by atoms with E-state index in [9.17, 15) is 9.59 Å². The quantitative estimate of drug-likeness (QED) is 0.727. The average molecular weight is 219 g/mol. The summed E-state index contributed by atoms with van der Waals surface area (Å²) in [7, 11) is 0. The Morgan fingerprint density at radius 1 is 1.44 bits per heavy atom. The van der Waals surface area contributed by atoms with E-state index in [-0.39, 0.29) is 5.91 Å². The van der Waals surface area contributed by atoms with Gasteiger partial charge in [-0.2, -0.15) is 0 Å². The number of nitrogens with two attached hydrogens (primary N) is 1. The van der Waals surface area contributed by atoms with Gasteiger partial charge in [0.25, 0.3) is 5.91 Å². The number of amides is 2. The van der Waals surface area contributed by atoms with Crippen molar-refractivity contribution in [3.05, 3.63) is 29.1 Å². The van der Waals surface area contributed by atoms with E-state index in [1.807, 2.05) is 0 Å². The molecule has 84 valence electrons. The lowest BCUT2D eigenvalue weighted by molar-refractivity contribution is -0.129. The van der Waals surface area contributed by atoms with Gasteiger partial charge in [0.2, 0.25) is 5.91 Å². The van der Waals surface area contributed by atoms with Gasteiger partial charge in [0.1, 0.15) is 0 Å². The van der Waals surface area contributed by atoms with Gasteiger partial charge in [-0.15, -0.1) is 0 Å². The molecule has 0 saturated heterocycles. The standard InChI is InChI=1S/C11H13N3O2/c1-7(15)14-3-2-9-8(6-14)4-13-5-10(9)11(12)16/h4-5H,2-3,6H2,1H3,(H2,12,16). The Morgan fingerprint density at radius 2 is 2.19 bits per heavy atom. The molecule has 1 aliphatic heterocycles. The van der Waals surface area contributed by atoms with Crippen molar-refractivity contribution in [1.29, 1.82) is 0 Å². The van der Waals surface area contributed by atoms with Crippen molar-refractivity contribution in [1.82, 2.24) is 9.88 Å². The Bertz CT molecular complexity index is 457. The molecule has 0 spiro atoms. The van der Waals surface area contributed by atoms with Crippen LogP contribution in [-0.2, 0) is 17.8 Å². The molecule has 2 N–H and O–H groups in total. The Kier molecular flexibility index (Phi) is 2.60. The molecule has 0 bridgehead atoms. The first kappa shape index (κ1) is 10.6. The zero-order valence-electron chi connectivity index (χ0n) is 9.06. The molecule has 2 heterocycles. The second-order valence-corrected chi connectivity index (χ2v) is 3.88. The summed E-state index contributed by atoms with van der Waals surface area (Å²) >= 11 is 0. The van der Waals surface area contributed by atoms with E-state index in [0.29, 0.717) is 25.1 Å². The molecule has 0 radical (unpaired) electrons. The van der Waals surface area contributed by atoms with E-state index in [2.05, 4.69) is 4.98 Å². The Labute approximate surface area is 93.3 Å². The van der Waals surface area contributed by atoms with Crippen LogP contribution in [0.5, 0.6) is 0 Å². The molecule has 5 nitrogen and oxygen atoms in total. The van der Waals surface area contributed by atoms with Crippen molar-refractivity contribution < 1.29 is 9.59 Å². The van der Waals surface area contributed by atoms with Crippen LogP contribution >= 0.6 is 0 Å². The van der Waals surface area contributed by atoms with E-state index in [0.717, 1.165) is 11.1 Å². The predicted octanol–water partition coefficient (Wildman–Crippen LogP) is 0.0851. The van der Waals surface area contributed by atoms with Crippen LogP contribution in [0.3, 0.4) is 0 Å². The summed E-state index contributed by atoms with van der Waals surface area (Å²) in [6.45, 7) is 2.68. The van der Waals surface area contributed by atoms with E-state index in [1.54, 1.807) is 11.1 Å². The van der Waals surface area contributed by atoms with Gasteiger partial charge in [0.05, 0.1) is 5.56 Å². The van der Waals surface area contributed by atoms with Gasteiger partial charge in [-0.1, -0.05) is 0 Å². The summed E-state index contributed by atoms with van der Waals surface area (Å²) < 4.78 is 0. The Morgan fingerprint density at radius 3 is 2.81 bits per heavy atom. The van der Waals surface area contributed by atoms with Gasteiger partial charge in [0.15, 0.2) is 0 Å². The highest BCUT2D eigenvalue weighted by atomic mass is 16.2. The van der Waals surface area contributed by atoms with Gasteiger partial charge in [0, 0.05) is 32.4 Å². The summed E-state index contributed by atoms with van der Waals surface area (Å²) in [5, 5.41) is 0. The number of rotatable bonds is 1. The fraction of sp³-hybridized carbons (Fsp3) is 0.364. The largest absolute Gasteiger partial charge is 0.366 e.